The van der Waals surface area contributed by atoms with E-state index in [2.05, 4.69) is 15.5 Å². The second kappa shape index (κ2) is 5.77. The molecule has 3 aromatic rings. The number of aromatic nitrogens is 2. The number of benzene rings is 2. The number of halogens is 1. The predicted octanol–water partition coefficient (Wildman–Crippen LogP) is 3.44. The fraction of sp³-hybridized carbons (Fsp3) is 0.0625. The number of amides is 1. The summed E-state index contributed by atoms with van der Waals surface area (Å²) in [6.07, 6.45) is 0. The summed E-state index contributed by atoms with van der Waals surface area (Å²) in [5.74, 6) is 0.148. The highest BCUT2D eigenvalue weighted by atomic mass is 19.1. The molecular weight excluding hydrogens is 285 g/mol. The van der Waals surface area contributed by atoms with Gasteiger partial charge in [-0.3, -0.25) is 4.79 Å². The molecule has 0 bridgehead atoms. The van der Waals surface area contributed by atoms with E-state index in [-0.39, 0.29) is 11.7 Å². The molecule has 0 saturated carbocycles. The van der Waals surface area contributed by atoms with Gasteiger partial charge in [-0.1, -0.05) is 6.07 Å². The molecule has 0 aliphatic heterocycles. The lowest BCUT2D eigenvalue weighted by Crippen LogP contribution is -2.11. The van der Waals surface area contributed by atoms with Crippen LogP contribution in [0.5, 0.6) is 0 Å². The summed E-state index contributed by atoms with van der Waals surface area (Å²) in [4.78, 5) is 12.1. The Kier molecular flexibility index (Phi) is 3.65. The number of nitrogens with one attached hydrogen (secondary N) is 1. The Hall–Kier alpha value is -3.02. The van der Waals surface area contributed by atoms with Gasteiger partial charge in [0.05, 0.1) is 0 Å². The molecule has 6 heteroatoms. The van der Waals surface area contributed by atoms with Gasteiger partial charge in [0.2, 0.25) is 11.8 Å². The molecule has 110 valence electrons. The minimum atomic E-state index is -0.384. The van der Waals surface area contributed by atoms with E-state index in [1.54, 1.807) is 31.2 Å². The molecule has 3 rings (SSSR count). The highest BCUT2D eigenvalue weighted by Crippen LogP contribution is 2.21. The van der Waals surface area contributed by atoms with E-state index < -0.39 is 0 Å². The van der Waals surface area contributed by atoms with Crippen molar-refractivity contribution in [2.45, 2.75) is 6.92 Å². The summed E-state index contributed by atoms with van der Waals surface area (Å²) in [5, 5.41) is 10.4. The van der Waals surface area contributed by atoms with Gasteiger partial charge in [0.15, 0.2) is 0 Å². The van der Waals surface area contributed by atoms with Gasteiger partial charge in [0.1, 0.15) is 5.82 Å². The fourth-order valence-corrected chi connectivity index (χ4v) is 1.95. The van der Waals surface area contributed by atoms with Crippen LogP contribution in [0.4, 0.5) is 10.1 Å². The normalized spacial score (nSPS) is 10.5. The Labute approximate surface area is 125 Å². The van der Waals surface area contributed by atoms with Crippen molar-refractivity contribution in [3.63, 3.8) is 0 Å². The standard InChI is InChI=1S/C16H12FN3O2/c1-10-19-20-16(22-10)12-3-2-4-14(9-12)18-15(21)11-5-7-13(17)8-6-11/h2-9H,1H3,(H,18,21). The van der Waals surface area contributed by atoms with Crippen LogP contribution in [0, 0.1) is 12.7 Å². The largest absolute Gasteiger partial charge is 0.421 e. The molecule has 1 N–H and O–H groups in total. The van der Waals surface area contributed by atoms with E-state index in [1.807, 2.05) is 0 Å². The summed E-state index contributed by atoms with van der Waals surface area (Å²) >= 11 is 0. The molecule has 0 unspecified atom stereocenters. The molecule has 1 aromatic heterocycles. The molecule has 0 aliphatic carbocycles. The molecular formula is C16H12FN3O2. The number of hydrogen-bond acceptors (Lipinski definition) is 4. The number of carbonyl (C=O) groups excluding carboxylic acids is 1. The van der Waals surface area contributed by atoms with Crippen LogP contribution in [0.15, 0.2) is 52.9 Å². The van der Waals surface area contributed by atoms with Crippen molar-refractivity contribution in [1.29, 1.82) is 0 Å². The summed E-state index contributed by atoms with van der Waals surface area (Å²) in [6.45, 7) is 1.71. The van der Waals surface area contributed by atoms with Crippen molar-refractivity contribution >= 4 is 11.6 Å². The van der Waals surface area contributed by atoms with Gasteiger partial charge in [-0.2, -0.15) is 0 Å². The number of rotatable bonds is 3. The lowest BCUT2D eigenvalue weighted by Gasteiger charge is -2.06. The molecule has 0 spiro atoms. The Bertz CT molecular complexity index is 812. The summed E-state index contributed by atoms with van der Waals surface area (Å²) in [5.41, 5.74) is 1.67. The second-order valence-corrected chi connectivity index (χ2v) is 4.67. The van der Waals surface area contributed by atoms with Crippen LogP contribution in [-0.2, 0) is 0 Å². The Morgan fingerprint density at radius 2 is 1.91 bits per heavy atom. The van der Waals surface area contributed by atoms with Crippen molar-refractivity contribution in [1.82, 2.24) is 10.2 Å². The maximum Gasteiger partial charge on any atom is 0.255 e. The zero-order valence-corrected chi connectivity index (χ0v) is 11.7. The molecule has 0 aliphatic rings. The Morgan fingerprint density at radius 3 is 2.59 bits per heavy atom. The highest BCUT2D eigenvalue weighted by Gasteiger charge is 2.09. The third-order valence-electron chi connectivity index (χ3n) is 3.00. The summed E-state index contributed by atoms with van der Waals surface area (Å²) < 4.78 is 18.2. The average molecular weight is 297 g/mol. The lowest BCUT2D eigenvalue weighted by molar-refractivity contribution is 0.102. The monoisotopic (exact) mass is 297 g/mol. The van der Waals surface area contributed by atoms with Gasteiger partial charge in [0.25, 0.3) is 5.91 Å². The van der Waals surface area contributed by atoms with Gasteiger partial charge in [-0.15, -0.1) is 10.2 Å². The highest BCUT2D eigenvalue weighted by molar-refractivity contribution is 6.04. The molecule has 0 fully saturated rings. The molecule has 2 aromatic carbocycles. The zero-order chi connectivity index (χ0) is 15.5. The summed E-state index contributed by atoms with van der Waals surface area (Å²) in [6, 6.07) is 12.4. The van der Waals surface area contributed by atoms with Crippen LogP contribution in [0.2, 0.25) is 0 Å². The van der Waals surface area contributed by atoms with Crippen LogP contribution in [0.3, 0.4) is 0 Å². The fourth-order valence-electron chi connectivity index (χ4n) is 1.95. The first kappa shape index (κ1) is 13.9. The van der Waals surface area contributed by atoms with Crippen LogP contribution in [-0.4, -0.2) is 16.1 Å². The molecule has 1 amide bonds. The average Bonchev–Trinajstić information content (AvgIpc) is 2.95. The number of hydrogen-bond donors (Lipinski definition) is 1. The van der Waals surface area contributed by atoms with Crippen LogP contribution >= 0.6 is 0 Å². The topological polar surface area (TPSA) is 68.0 Å². The van der Waals surface area contributed by atoms with Gasteiger partial charge in [0, 0.05) is 23.7 Å². The van der Waals surface area contributed by atoms with E-state index in [1.165, 1.54) is 24.3 Å². The van der Waals surface area contributed by atoms with Gasteiger partial charge in [-0.05, 0) is 42.5 Å². The van der Waals surface area contributed by atoms with E-state index in [0.29, 0.717) is 28.6 Å². The van der Waals surface area contributed by atoms with Crippen molar-refractivity contribution in [3.05, 3.63) is 65.8 Å². The minimum Gasteiger partial charge on any atom is -0.421 e. The Morgan fingerprint density at radius 1 is 1.14 bits per heavy atom. The van der Waals surface area contributed by atoms with E-state index in [4.69, 9.17) is 4.42 Å². The van der Waals surface area contributed by atoms with Gasteiger partial charge < -0.3 is 9.73 Å². The molecule has 0 saturated heterocycles. The number of carbonyl (C=O) groups is 1. The first-order valence-corrected chi connectivity index (χ1v) is 6.59. The molecule has 0 radical (unpaired) electrons. The second-order valence-electron chi connectivity index (χ2n) is 4.67. The van der Waals surface area contributed by atoms with Crippen LogP contribution in [0.25, 0.3) is 11.5 Å². The van der Waals surface area contributed by atoms with Crippen molar-refractivity contribution in [2.24, 2.45) is 0 Å². The smallest absolute Gasteiger partial charge is 0.255 e. The van der Waals surface area contributed by atoms with E-state index in [9.17, 15) is 9.18 Å². The quantitative estimate of drug-likeness (QED) is 0.804. The van der Waals surface area contributed by atoms with Crippen LogP contribution < -0.4 is 5.32 Å². The first-order valence-electron chi connectivity index (χ1n) is 6.59. The van der Waals surface area contributed by atoms with E-state index in [0.717, 1.165) is 0 Å². The third kappa shape index (κ3) is 3.01. The number of anilines is 1. The maximum atomic E-state index is 12.9. The Balaban J connectivity index is 1.81. The molecule has 0 atom stereocenters. The van der Waals surface area contributed by atoms with Gasteiger partial charge >= 0.3 is 0 Å². The van der Waals surface area contributed by atoms with Crippen LogP contribution in [0.1, 0.15) is 16.2 Å². The minimum absolute atomic E-state index is 0.321. The third-order valence-corrected chi connectivity index (χ3v) is 3.00. The molecule has 1 heterocycles. The van der Waals surface area contributed by atoms with E-state index >= 15 is 0 Å². The number of aryl methyl sites for hydroxylation is 1. The molecule has 22 heavy (non-hydrogen) atoms. The predicted molar refractivity (Wildman–Crippen MR) is 78.8 cm³/mol. The van der Waals surface area contributed by atoms with Crippen molar-refractivity contribution < 1.29 is 13.6 Å². The van der Waals surface area contributed by atoms with Crippen molar-refractivity contribution in [2.75, 3.05) is 5.32 Å². The zero-order valence-electron chi connectivity index (χ0n) is 11.7. The van der Waals surface area contributed by atoms with Gasteiger partial charge in [-0.25, -0.2) is 4.39 Å². The maximum absolute atomic E-state index is 12.9. The SMILES string of the molecule is Cc1nnc(-c2cccc(NC(=O)c3ccc(F)cc3)c2)o1. The molecule has 5 nitrogen and oxygen atoms in total. The number of nitrogens with zero attached hydrogens (tertiary/aromatic N) is 2. The lowest BCUT2D eigenvalue weighted by atomic mass is 10.1. The summed E-state index contributed by atoms with van der Waals surface area (Å²) in [7, 11) is 0. The first-order chi connectivity index (χ1) is 10.6. The van der Waals surface area contributed by atoms with Crippen molar-refractivity contribution in [3.8, 4) is 11.5 Å².